The number of hydrogen-bond donors (Lipinski definition) is 1. The molecular formula is C14H18Cl2N2O3S. The van der Waals surface area contributed by atoms with Crippen LogP contribution in [0.1, 0.15) is 13.3 Å². The van der Waals surface area contributed by atoms with Gasteiger partial charge in [0.2, 0.25) is 5.91 Å². The molecule has 1 aliphatic heterocycles. The molecule has 5 nitrogen and oxygen atoms in total. The van der Waals surface area contributed by atoms with Crippen molar-refractivity contribution in [2.24, 2.45) is 0 Å². The first kappa shape index (κ1) is 17.5. The second kappa shape index (κ2) is 7.17. The van der Waals surface area contributed by atoms with Gasteiger partial charge in [0.15, 0.2) is 9.84 Å². The van der Waals surface area contributed by atoms with E-state index in [2.05, 4.69) is 5.32 Å². The molecule has 0 aromatic heterocycles. The third kappa shape index (κ3) is 4.84. The van der Waals surface area contributed by atoms with Crippen molar-refractivity contribution in [3.8, 4) is 0 Å². The van der Waals surface area contributed by atoms with Gasteiger partial charge < -0.3 is 5.32 Å². The zero-order valence-corrected chi connectivity index (χ0v) is 14.5. The molecule has 1 amide bonds. The monoisotopic (exact) mass is 364 g/mol. The van der Waals surface area contributed by atoms with Gasteiger partial charge in [-0.25, -0.2) is 8.42 Å². The lowest BCUT2D eigenvalue weighted by atomic mass is 10.2. The van der Waals surface area contributed by atoms with E-state index < -0.39 is 9.84 Å². The highest BCUT2D eigenvalue weighted by Crippen LogP contribution is 2.23. The molecule has 2 rings (SSSR count). The Labute approximate surface area is 140 Å². The molecule has 0 radical (unpaired) electrons. The van der Waals surface area contributed by atoms with Crippen LogP contribution in [0.4, 0.5) is 5.69 Å². The normalized spacial score (nSPS) is 20.3. The Hall–Kier alpha value is -0.820. The second-order valence-electron chi connectivity index (χ2n) is 5.33. The quantitative estimate of drug-likeness (QED) is 0.871. The highest BCUT2D eigenvalue weighted by atomic mass is 35.5. The van der Waals surface area contributed by atoms with Crippen molar-refractivity contribution in [1.82, 2.24) is 4.90 Å². The van der Waals surface area contributed by atoms with Gasteiger partial charge in [0.1, 0.15) is 0 Å². The minimum absolute atomic E-state index is 0.0938. The van der Waals surface area contributed by atoms with Gasteiger partial charge in [-0.15, -0.1) is 0 Å². The molecule has 0 saturated carbocycles. The lowest BCUT2D eigenvalue weighted by molar-refractivity contribution is -0.117. The Balaban J connectivity index is 1.98. The largest absolute Gasteiger partial charge is 0.325 e. The standard InChI is InChI=1S/C14H18Cl2N2O3S/c1-2-18(13-3-4-22(20,21)9-13)8-14(19)17-12-6-10(15)5-11(16)7-12/h5-7,13H,2-4,8-9H2,1H3,(H,17,19). The minimum atomic E-state index is -2.96. The van der Waals surface area contributed by atoms with Crippen molar-refractivity contribution in [1.29, 1.82) is 0 Å². The number of benzene rings is 1. The Morgan fingerprint density at radius 1 is 1.32 bits per heavy atom. The lowest BCUT2D eigenvalue weighted by Gasteiger charge is -2.25. The van der Waals surface area contributed by atoms with E-state index in [0.717, 1.165) is 0 Å². The van der Waals surface area contributed by atoms with Crippen LogP contribution in [0.5, 0.6) is 0 Å². The number of nitrogens with one attached hydrogen (secondary N) is 1. The van der Waals surface area contributed by atoms with Crippen LogP contribution in [-0.4, -0.2) is 49.9 Å². The molecule has 22 heavy (non-hydrogen) atoms. The zero-order chi connectivity index (χ0) is 16.3. The van der Waals surface area contributed by atoms with Crippen molar-refractivity contribution in [3.05, 3.63) is 28.2 Å². The molecule has 1 saturated heterocycles. The molecular weight excluding hydrogens is 347 g/mol. The third-order valence-electron chi connectivity index (χ3n) is 3.62. The molecule has 8 heteroatoms. The Bertz CT molecular complexity index is 644. The van der Waals surface area contributed by atoms with E-state index in [9.17, 15) is 13.2 Å². The van der Waals surface area contributed by atoms with E-state index >= 15 is 0 Å². The predicted molar refractivity (Wildman–Crippen MR) is 89.4 cm³/mol. The van der Waals surface area contributed by atoms with Crippen molar-refractivity contribution in [2.75, 3.05) is 29.9 Å². The van der Waals surface area contributed by atoms with Crippen LogP contribution < -0.4 is 5.32 Å². The van der Waals surface area contributed by atoms with Gasteiger partial charge in [-0.2, -0.15) is 0 Å². The van der Waals surface area contributed by atoms with Gasteiger partial charge >= 0.3 is 0 Å². The molecule has 1 aromatic carbocycles. The lowest BCUT2D eigenvalue weighted by Crippen LogP contribution is -2.41. The SMILES string of the molecule is CCN(CC(=O)Nc1cc(Cl)cc(Cl)c1)C1CCS(=O)(=O)C1. The van der Waals surface area contributed by atoms with Crippen molar-refractivity contribution in [3.63, 3.8) is 0 Å². The number of carbonyl (C=O) groups is 1. The van der Waals surface area contributed by atoms with E-state index in [4.69, 9.17) is 23.2 Å². The first-order valence-electron chi connectivity index (χ1n) is 6.99. The summed E-state index contributed by atoms with van der Waals surface area (Å²) in [6, 6.07) is 4.72. The van der Waals surface area contributed by atoms with Crippen LogP contribution in [0.3, 0.4) is 0 Å². The van der Waals surface area contributed by atoms with Crippen LogP contribution >= 0.6 is 23.2 Å². The summed E-state index contributed by atoms with van der Waals surface area (Å²) in [5.74, 6) is 0.0982. The molecule has 1 aliphatic rings. The maximum absolute atomic E-state index is 12.1. The highest BCUT2D eigenvalue weighted by Gasteiger charge is 2.32. The van der Waals surface area contributed by atoms with Crippen LogP contribution in [0.15, 0.2) is 18.2 Å². The van der Waals surface area contributed by atoms with E-state index in [1.54, 1.807) is 18.2 Å². The van der Waals surface area contributed by atoms with Gasteiger partial charge in [-0.3, -0.25) is 9.69 Å². The molecule has 0 bridgehead atoms. The number of carbonyl (C=O) groups excluding carboxylic acids is 1. The Morgan fingerprint density at radius 2 is 1.95 bits per heavy atom. The summed E-state index contributed by atoms with van der Waals surface area (Å²) < 4.78 is 23.1. The maximum atomic E-state index is 12.1. The number of halogens is 2. The molecule has 1 unspecified atom stereocenters. The number of sulfone groups is 1. The van der Waals surface area contributed by atoms with E-state index in [1.807, 2.05) is 11.8 Å². The fourth-order valence-corrected chi connectivity index (χ4v) is 4.86. The molecule has 1 N–H and O–H groups in total. The summed E-state index contributed by atoms with van der Waals surface area (Å²) in [6.45, 7) is 2.67. The van der Waals surface area contributed by atoms with Crippen LogP contribution in [0, 0.1) is 0 Å². The van der Waals surface area contributed by atoms with Crippen molar-refractivity contribution >= 4 is 44.6 Å². The van der Waals surface area contributed by atoms with Gasteiger partial charge in [-0.05, 0) is 31.2 Å². The van der Waals surface area contributed by atoms with E-state index in [-0.39, 0.29) is 30.0 Å². The number of nitrogens with zero attached hydrogens (tertiary/aromatic N) is 1. The molecule has 1 heterocycles. The smallest absolute Gasteiger partial charge is 0.238 e. The van der Waals surface area contributed by atoms with Crippen LogP contribution in [-0.2, 0) is 14.6 Å². The molecule has 1 aromatic rings. The highest BCUT2D eigenvalue weighted by molar-refractivity contribution is 7.91. The topological polar surface area (TPSA) is 66.5 Å². The minimum Gasteiger partial charge on any atom is -0.325 e. The third-order valence-corrected chi connectivity index (χ3v) is 5.81. The predicted octanol–water partition coefficient (Wildman–Crippen LogP) is 2.44. The summed E-state index contributed by atoms with van der Waals surface area (Å²) in [5, 5.41) is 3.62. The summed E-state index contributed by atoms with van der Waals surface area (Å²) >= 11 is 11.8. The fourth-order valence-electron chi connectivity index (χ4n) is 2.57. The summed E-state index contributed by atoms with van der Waals surface area (Å²) in [5.41, 5.74) is 0.526. The van der Waals surface area contributed by atoms with Gasteiger partial charge in [0.25, 0.3) is 0 Å². The van der Waals surface area contributed by atoms with Crippen LogP contribution in [0.2, 0.25) is 10.0 Å². The number of rotatable bonds is 5. The maximum Gasteiger partial charge on any atom is 0.238 e. The average molecular weight is 365 g/mol. The molecule has 0 aliphatic carbocycles. The van der Waals surface area contributed by atoms with Crippen molar-refractivity contribution < 1.29 is 13.2 Å². The van der Waals surface area contributed by atoms with Gasteiger partial charge in [0, 0.05) is 21.8 Å². The van der Waals surface area contributed by atoms with Gasteiger partial charge in [-0.1, -0.05) is 30.1 Å². The number of anilines is 1. The second-order valence-corrected chi connectivity index (χ2v) is 8.43. The van der Waals surface area contributed by atoms with Crippen molar-refractivity contribution in [2.45, 2.75) is 19.4 Å². The number of hydrogen-bond acceptors (Lipinski definition) is 4. The zero-order valence-electron chi connectivity index (χ0n) is 12.2. The first-order valence-corrected chi connectivity index (χ1v) is 9.57. The first-order chi connectivity index (χ1) is 10.3. The van der Waals surface area contributed by atoms with Crippen LogP contribution in [0.25, 0.3) is 0 Å². The number of amides is 1. The van der Waals surface area contributed by atoms with Gasteiger partial charge in [0.05, 0.1) is 18.1 Å². The summed E-state index contributed by atoms with van der Waals surface area (Å²) in [4.78, 5) is 14.0. The summed E-state index contributed by atoms with van der Waals surface area (Å²) in [7, 11) is -2.96. The number of likely N-dealkylation sites (N-methyl/N-ethyl adjacent to an activating group) is 1. The van der Waals surface area contributed by atoms with E-state index in [0.29, 0.717) is 28.7 Å². The average Bonchev–Trinajstić information content (AvgIpc) is 2.75. The molecule has 0 spiro atoms. The summed E-state index contributed by atoms with van der Waals surface area (Å²) in [6.07, 6.45) is 0.576. The Kier molecular flexibility index (Phi) is 5.71. The fraction of sp³-hybridized carbons (Fsp3) is 0.500. The van der Waals surface area contributed by atoms with E-state index in [1.165, 1.54) is 0 Å². The Morgan fingerprint density at radius 3 is 2.45 bits per heavy atom. The molecule has 1 fully saturated rings. The molecule has 1 atom stereocenters. The molecule has 122 valence electrons.